The molecule has 1 aliphatic rings. The van der Waals surface area contributed by atoms with E-state index < -0.39 is 0 Å². The second kappa shape index (κ2) is 8.81. The van der Waals surface area contributed by atoms with Crippen molar-refractivity contribution in [2.75, 3.05) is 19.7 Å². The molecule has 144 valence electrons. The van der Waals surface area contributed by atoms with Crippen molar-refractivity contribution in [2.45, 2.75) is 39.3 Å². The smallest absolute Gasteiger partial charge is 0.270 e. The normalized spacial score (nSPS) is 13.3. The van der Waals surface area contributed by atoms with Gasteiger partial charge >= 0.3 is 0 Å². The van der Waals surface area contributed by atoms with E-state index in [0.717, 1.165) is 23.4 Å². The van der Waals surface area contributed by atoms with Gasteiger partial charge in [0, 0.05) is 12.1 Å². The van der Waals surface area contributed by atoms with Crippen LogP contribution in [0.2, 0.25) is 0 Å². The maximum absolute atomic E-state index is 12.4. The zero-order valence-corrected chi connectivity index (χ0v) is 15.8. The maximum atomic E-state index is 12.4. The Morgan fingerprint density at radius 3 is 2.85 bits per heavy atom. The van der Waals surface area contributed by atoms with Gasteiger partial charge in [0.1, 0.15) is 18.9 Å². The van der Waals surface area contributed by atoms with E-state index >= 15 is 0 Å². The Morgan fingerprint density at radius 1 is 1.33 bits per heavy atom. The van der Waals surface area contributed by atoms with Crippen LogP contribution in [-0.2, 0) is 24.3 Å². The fraction of sp³-hybridized carbons (Fsp3) is 0.450. The zero-order valence-electron chi connectivity index (χ0n) is 15.8. The molecule has 2 heterocycles. The largest absolute Gasteiger partial charge is 0.492 e. The van der Waals surface area contributed by atoms with Gasteiger partial charge < -0.3 is 15.4 Å². The number of carbonyl (C=O) groups excluding carboxylic acids is 1. The second-order valence-electron chi connectivity index (χ2n) is 6.96. The Kier molecular flexibility index (Phi) is 6.24. The van der Waals surface area contributed by atoms with E-state index in [1.807, 2.05) is 24.3 Å². The lowest BCUT2D eigenvalue weighted by atomic mass is 10.0. The molecule has 0 bridgehead atoms. The highest BCUT2D eigenvalue weighted by molar-refractivity contribution is 5.75. The number of ether oxygens (including phenoxy) is 1. The number of rotatable bonds is 7. The number of nitrogens with one attached hydrogen (secondary N) is 2. The van der Waals surface area contributed by atoms with E-state index in [4.69, 9.17) is 4.74 Å². The third-order valence-electron chi connectivity index (χ3n) is 4.63. The van der Waals surface area contributed by atoms with Gasteiger partial charge in [-0.05, 0) is 42.1 Å². The predicted octanol–water partition coefficient (Wildman–Crippen LogP) is 1.21. The highest BCUT2D eigenvalue weighted by atomic mass is 16.5. The minimum Gasteiger partial charge on any atom is -0.492 e. The van der Waals surface area contributed by atoms with Crippen LogP contribution in [0, 0.1) is 0 Å². The molecule has 0 saturated heterocycles. The molecule has 0 atom stereocenters. The first kappa shape index (κ1) is 19.1. The van der Waals surface area contributed by atoms with E-state index in [2.05, 4.69) is 29.6 Å². The quantitative estimate of drug-likeness (QED) is 0.716. The molecule has 0 aliphatic carbocycles. The standard InChI is InChI=1S/C20H26N4O3/c1-14(2)15-3-5-17(6-4-15)27-10-9-22-19(25)13-24-20(26)18-7-8-21-11-16(18)12-23-24/h3-6,12,14,21H,7-11,13H2,1-2H3,(H,22,25). The number of nitrogens with zero attached hydrogens (tertiary/aromatic N) is 2. The number of aromatic nitrogens is 2. The van der Waals surface area contributed by atoms with Crippen LogP contribution < -0.4 is 20.9 Å². The molecule has 0 fully saturated rings. The molecule has 1 amide bonds. The highest BCUT2D eigenvalue weighted by Crippen LogP contribution is 2.18. The third kappa shape index (κ3) is 4.95. The SMILES string of the molecule is CC(C)c1ccc(OCCNC(=O)Cn2ncc3c(c2=O)CCNC3)cc1. The lowest BCUT2D eigenvalue weighted by molar-refractivity contribution is -0.122. The highest BCUT2D eigenvalue weighted by Gasteiger charge is 2.16. The van der Waals surface area contributed by atoms with Crippen molar-refractivity contribution in [2.24, 2.45) is 0 Å². The number of amides is 1. The van der Waals surface area contributed by atoms with Gasteiger partial charge in [0.15, 0.2) is 0 Å². The van der Waals surface area contributed by atoms with Gasteiger partial charge in [-0.15, -0.1) is 0 Å². The summed E-state index contributed by atoms with van der Waals surface area (Å²) in [7, 11) is 0. The first-order valence-corrected chi connectivity index (χ1v) is 9.32. The average molecular weight is 370 g/mol. The monoisotopic (exact) mass is 370 g/mol. The van der Waals surface area contributed by atoms with Crippen LogP contribution in [0.1, 0.15) is 36.5 Å². The number of fused-ring (bicyclic) bond motifs is 1. The van der Waals surface area contributed by atoms with Crippen LogP contribution in [0.3, 0.4) is 0 Å². The summed E-state index contributed by atoms with van der Waals surface area (Å²) in [6, 6.07) is 7.95. The topological polar surface area (TPSA) is 85.2 Å². The van der Waals surface area contributed by atoms with Crippen LogP contribution in [0.15, 0.2) is 35.3 Å². The Hall–Kier alpha value is -2.67. The number of hydrogen-bond donors (Lipinski definition) is 2. The Morgan fingerprint density at radius 2 is 2.11 bits per heavy atom. The molecule has 1 aromatic heterocycles. The predicted molar refractivity (Wildman–Crippen MR) is 103 cm³/mol. The van der Waals surface area contributed by atoms with Crippen LogP contribution in [0.4, 0.5) is 0 Å². The van der Waals surface area contributed by atoms with Crippen molar-refractivity contribution in [3.05, 3.63) is 57.5 Å². The molecule has 3 rings (SSSR count). The van der Waals surface area contributed by atoms with Crippen LogP contribution in [0.5, 0.6) is 5.75 Å². The molecule has 2 aromatic rings. The summed E-state index contributed by atoms with van der Waals surface area (Å²) in [5.41, 5.74) is 2.75. The molecule has 1 aliphatic heterocycles. The van der Waals surface area contributed by atoms with Gasteiger partial charge in [0.25, 0.3) is 5.56 Å². The van der Waals surface area contributed by atoms with E-state index in [0.29, 0.717) is 32.0 Å². The fourth-order valence-corrected chi connectivity index (χ4v) is 3.03. The molecule has 1 aromatic carbocycles. The Bertz CT molecular complexity index is 843. The van der Waals surface area contributed by atoms with Crippen molar-refractivity contribution in [3.63, 3.8) is 0 Å². The lowest BCUT2D eigenvalue weighted by Gasteiger charge is -2.17. The Balaban J connectivity index is 1.45. The summed E-state index contributed by atoms with van der Waals surface area (Å²) in [6.07, 6.45) is 2.34. The summed E-state index contributed by atoms with van der Waals surface area (Å²) >= 11 is 0. The first-order chi connectivity index (χ1) is 13.0. The van der Waals surface area contributed by atoms with E-state index in [9.17, 15) is 9.59 Å². The van der Waals surface area contributed by atoms with Crippen LogP contribution >= 0.6 is 0 Å². The summed E-state index contributed by atoms with van der Waals surface area (Å²) in [5.74, 6) is 1.00. The molecular weight excluding hydrogens is 344 g/mol. The van der Waals surface area contributed by atoms with Crippen molar-refractivity contribution < 1.29 is 9.53 Å². The third-order valence-corrected chi connectivity index (χ3v) is 4.63. The molecule has 0 spiro atoms. The summed E-state index contributed by atoms with van der Waals surface area (Å²) in [6.45, 7) is 6.37. The van der Waals surface area contributed by atoms with E-state index in [1.165, 1.54) is 10.2 Å². The molecule has 7 nitrogen and oxygen atoms in total. The van der Waals surface area contributed by atoms with Crippen LogP contribution in [0.25, 0.3) is 0 Å². The van der Waals surface area contributed by atoms with Crippen LogP contribution in [-0.4, -0.2) is 35.4 Å². The summed E-state index contributed by atoms with van der Waals surface area (Å²) < 4.78 is 6.86. The van der Waals surface area contributed by atoms with Gasteiger partial charge in [-0.1, -0.05) is 26.0 Å². The minimum atomic E-state index is -0.253. The molecule has 27 heavy (non-hydrogen) atoms. The minimum absolute atomic E-state index is 0.0807. The summed E-state index contributed by atoms with van der Waals surface area (Å²) in [5, 5.41) is 10.1. The van der Waals surface area contributed by atoms with E-state index in [-0.39, 0.29) is 18.0 Å². The molecule has 0 saturated carbocycles. The van der Waals surface area contributed by atoms with Crippen molar-refractivity contribution in [1.82, 2.24) is 20.4 Å². The first-order valence-electron chi connectivity index (χ1n) is 9.32. The van der Waals surface area contributed by atoms with Gasteiger partial charge in [0.05, 0.1) is 12.7 Å². The number of benzene rings is 1. The molecule has 2 N–H and O–H groups in total. The van der Waals surface area contributed by atoms with Gasteiger partial charge in [0.2, 0.25) is 5.91 Å². The number of carbonyl (C=O) groups is 1. The van der Waals surface area contributed by atoms with Crippen molar-refractivity contribution >= 4 is 5.91 Å². The lowest BCUT2D eigenvalue weighted by Crippen LogP contribution is -2.39. The van der Waals surface area contributed by atoms with Gasteiger partial charge in [-0.3, -0.25) is 9.59 Å². The van der Waals surface area contributed by atoms with Crippen molar-refractivity contribution in [3.8, 4) is 5.75 Å². The van der Waals surface area contributed by atoms with Gasteiger partial charge in [-0.2, -0.15) is 5.10 Å². The Labute approximate surface area is 158 Å². The number of hydrogen-bond acceptors (Lipinski definition) is 5. The molecular formula is C20H26N4O3. The second-order valence-corrected chi connectivity index (χ2v) is 6.96. The fourth-order valence-electron chi connectivity index (χ4n) is 3.03. The molecule has 7 heteroatoms. The molecule has 0 radical (unpaired) electrons. The van der Waals surface area contributed by atoms with E-state index in [1.54, 1.807) is 6.20 Å². The molecule has 0 unspecified atom stereocenters. The van der Waals surface area contributed by atoms with Crippen molar-refractivity contribution in [1.29, 1.82) is 0 Å². The van der Waals surface area contributed by atoms with Gasteiger partial charge in [-0.25, -0.2) is 4.68 Å². The maximum Gasteiger partial charge on any atom is 0.270 e. The summed E-state index contributed by atoms with van der Waals surface area (Å²) in [4.78, 5) is 24.5. The average Bonchev–Trinajstić information content (AvgIpc) is 2.68. The zero-order chi connectivity index (χ0) is 19.2.